The van der Waals surface area contributed by atoms with Gasteiger partial charge in [-0.1, -0.05) is 55.4 Å². The minimum atomic E-state index is -0.437. The Morgan fingerprint density at radius 3 is 1.85 bits per heavy atom. The fourth-order valence-corrected chi connectivity index (χ4v) is 3.27. The van der Waals surface area contributed by atoms with Crippen LogP contribution in [0.5, 0.6) is 0 Å². The van der Waals surface area contributed by atoms with Crippen molar-refractivity contribution in [2.24, 2.45) is 22.7 Å². The first-order valence-corrected chi connectivity index (χ1v) is 10.9. The first-order valence-electron chi connectivity index (χ1n) is 10.9. The van der Waals surface area contributed by atoms with Crippen molar-refractivity contribution in [3.8, 4) is 0 Å². The molecule has 1 amide bonds. The molecule has 0 unspecified atom stereocenters. The molecular weight excluding hydrogens is 334 g/mol. The van der Waals surface area contributed by atoms with Crippen molar-refractivity contribution in [1.29, 1.82) is 0 Å². The molecule has 0 aliphatic carbocycles. The maximum Gasteiger partial charge on any atom is 0.226 e. The lowest BCUT2D eigenvalue weighted by Crippen LogP contribution is -2.51. The Balaban J connectivity index is 4.67. The summed E-state index contributed by atoms with van der Waals surface area (Å²) >= 11 is 0. The van der Waals surface area contributed by atoms with Crippen molar-refractivity contribution in [3.05, 3.63) is 0 Å². The smallest absolute Gasteiger partial charge is 0.226 e. The van der Waals surface area contributed by atoms with Gasteiger partial charge in [0.25, 0.3) is 0 Å². The highest BCUT2D eigenvalue weighted by Crippen LogP contribution is 2.35. The van der Waals surface area contributed by atoms with E-state index in [1.807, 2.05) is 13.8 Å². The summed E-state index contributed by atoms with van der Waals surface area (Å²) in [5.74, 6) is 1.38. The number of rotatable bonds is 12. The van der Waals surface area contributed by atoms with Crippen LogP contribution in [0.15, 0.2) is 0 Å². The standard InChI is InChI=1S/C24H49NO2/c1-18(2)13-14-24(11,12)27-16-15-21(5,6)20(26)25-23(9,10)17-22(7,8)19(3)4/h18-19H,13-17H2,1-12H3,(H,25,26). The van der Waals surface area contributed by atoms with Gasteiger partial charge in [0.1, 0.15) is 0 Å². The molecule has 0 saturated carbocycles. The van der Waals surface area contributed by atoms with Gasteiger partial charge in [-0.2, -0.15) is 0 Å². The van der Waals surface area contributed by atoms with E-state index in [1.54, 1.807) is 0 Å². The van der Waals surface area contributed by atoms with Gasteiger partial charge >= 0.3 is 0 Å². The summed E-state index contributed by atoms with van der Waals surface area (Å²) in [6.45, 7) is 26.8. The number of ether oxygens (including phenoxy) is 1. The van der Waals surface area contributed by atoms with Crippen LogP contribution in [-0.2, 0) is 9.53 Å². The predicted molar refractivity (Wildman–Crippen MR) is 118 cm³/mol. The van der Waals surface area contributed by atoms with Crippen molar-refractivity contribution in [3.63, 3.8) is 0 Å². The molecule has 0 radical (unpaired) electrons. The summed E-state index contributed by atoms with van der Waals surface area (Å²) in [7, 11) is 0. The topological polar surface area (TPSA) is 38.3 Å². The molecular formula is C24H49NO2. The van der Waals surface area contributed by atoms with Crippen molar-refractivity contribution in [2.75, 3.05) is 6.61 Å². The van der Waals surface area contributed by atoms with E-state index < -0.39 is 5.41 Å². The van der Waals surface area contributed by atoms with Crippen LogP contribution in [0, 0.1) is 22.7 Å². The highest BCUT2D eigenvalue weighted by molar-refractivity contribution is 5.82. The molecule has 0 spiro atoms. The lowest BCUT2D eigenvalue weighted by Gasteiger charge is -2.40. The third-order valence-corrected chi connectivity index (χ3v) is 6.07. The van der Waals surface area contributed by atoms with Crippen LogP contribution in [0.4, 0.5) is 0 Å². The Labute approximate surface area is 170 Å². The van der Waals surface area contributed by atoms with Crippen LogP contribution in [0.3, 0.4) is 0 Å². The van der Waals surface area contributed by atoms with Gasteiger partial charge in [0.15, 0.2) is 0 Å². The average molecular weight is 384 g/mol. The van der Waals surface area contributed by atoms with Crippen LogP contribution < -0.4 is 5.32 Å². The quantitative estimate of drug-likeness (QED) is 0.412. The maximum atomic E-state index is 12.9. The summed E-state index contributed by atoms with van der Waals surface area (Å²) in [4.78, 5) is 12.9. The molecule has 0 aliphatic rings. The van der Waals surface area contributed by atoms with E-state index in [0.29, 0.717) is 18.4 Å². The normalized spacial score (nSPS) is 14.1. The third-order valence-electron chi connectivity index (χ3n) is 6.07. The first-order chi connectivity index (χ1) is 11.9. The van der Waals surface area contributed by atoms with E-state index in [4.69, 9.17) is 4.74 Å². The second kappa shape index (κ2) is 9.76. The van der Waals surface area contributed by atoms with Crippen molar-refractivity contribution in [2.45, 2.75) is 120 Å². The van der Waals surface area contributed by atoms with Gasteiger partial charge in [-0.3, -0.25) is 4.79 Å². The average Bonchev–Trinajstić information content (AvgIpc) is 2.42. The second-order valence-corrected chi connectivity index (χ2v) is 11.8. The second-order valence-electron chi connectivity index (χ2n) is 11.8. The van der Waals surface area contributed by atoms with E-state index in [9.17, 15) is 4.79 Å². The molecule has 3 nitrogen and oxygen atoms in total. The fraction of sp³-hybridized carbons (Fsp3) is 0.958. The van der Waals surface area contributed by atoms with Crippen LogP contribution >= 0.6 is 0 Å². The molecule has 162 valence electrons. The van der Waals surface area contributed by atoms with E-state index in [1.165, 1.54) is 0 Å². The first kappa shape index (κ1) is 26.4. The largest absolute Gasteiger partial charge is 0.376 e. The molecule has 3 heteroatoms. The van der Waals surface area contributed by atoms with Gasteiger partial charge in [0.05, 0.1) is 5.60 Å². The van der Waals surface area contributed by atoms with Crippen LogP contribution in [0.2, 0.25) is 0 Å². The number of carbonyl (C=O) groups is 1. The Morgan fingerprint density at radius 2 is 1.41 bits per heavy atom. The zero-order chi connectivity index (χ0) is 21.7. The zero-order valence-corrected chi connectivity index (χ0v) is 20.5. The van der Waals surface area contributed by atoms with Crippen LogP contribution in [0.25, 0.3) is 0 Å². The fourth-order valence-electron chi connectivity index (χ4n) is 3.27. The third kappa shape index (κ3) is 10.5. The summed E-state index contributed by atoms with van der Waals surface area (Å²) in [6.07, 6.45) is 3.90. The van der Waals surface area contributed by atoms with E-state index in [0.717, 1.165) is 25.7 Å². The molecule has 0 aliphatic heterocycles. The molecule has 0 aromatic rings. The van der Waals surface area contributed by atoms with Gasteiger partial charge in [-0.05, 0) is 70.6 Å². The highest BCUT2D eigenvalue weighted by Gasteiger charge is 2.36. The predicted octanol–water partition coefficient (Wildman–Crippen LogP) is 6.60. The molecule has 0 saturated heterocycles. The number of carbonyl (C=O) groups excluding carboxylic acids is 1. The summed E-state index contributed by atoms with van der Waals surface area (Å²) in [6, 6.07) is 0. The lowest BCUT2D eigenvalue weighted by molar-refractivity contribution is -0.133. The van der Waals surface area contributed by atoms with Crippen molar-refractivity contribution < 1.29 is 9.53 Å². The molecule has 0 atom stereocenters. The lowest BCUT2D eigenvalue weighted by atomic mass is 9.72. The number of nitrogens with one attached hydrogen (secondary N) is 1. The Bertz CT molecular complexity index is 459. The molecule has 1 N–H and O–H groups in total. The monoisotopic (exact) mass is 383 g/mol. The van der Waals surface area contributed by atoms with Crippen LogP contribution in [0.1, 0.15) is 109 Å². The van der Waals surface area contributed by atoms with Crippen molar-refractivity contribution >= 4 is 5.91 Å². The Kier molecular flexibility index (Phi) is 9.56. The molecule has 0 bridgehead atoms. The van der Waals surface area contributed by atoms with Gasteiger partial charge in [0, 0.05) is 17.6 Å². The number of amides is 1. The summed E-state index contributed by atoms with van der Waals surface area (Å²) in [5.41, 5.74) is -0.602. The van der Waals surface area contributed by atoms with Crippen LogP contribution in [-0.4, -0.2) is 23.7 Å². The summed E-state index contributed by atoms with van der Waals surface area (Å²) in [5, 5.41) is 3.30. The zero-order valence-electron chi connectivity index (χ0n) is 20.5. The highest BCUT2D eigenvalue weighted by atomic mass is 16.5. The molecule has 0 aromatic heterocycles. The minimum Gasteiger partial charge on any atom is -0.376 e. The van der Waals surface area contributed by atoms with E-state index in [-0.39, 0.29) is 22.5 Å². The van der Waals surface area contributed by atoms with Gasteiger partial charge < -0.3 is 10.1 Å². The van der Waals surface area contributed by atoms with Gasteiger partial charge in [0.2, 0.25) is 5.91 Å². The van der Waals surface area contributed by atoms with Gasteiger partial charge in [-0.15, -0.1) is 0 Å². The number of hydrogen-bond donors (Lipinski definition) is 1. The molecule has 0 fully saturated rings. The molecule has 0 rings (SSSR count). The van der Waals surface area contributed by atoms with E-state index in [2.05, 4.69) is 74.6 Å². The molecule has 0 aromatic carbocycles. The minimum absolute atomic E-state index is 0.121. The number of hydrogen-bond acceptors (Lipinski definition) is 2. The van der Waals surface area contributed by atoms with E-state index >= 15 is 0 Å². The molecule has 27 heavy (non-hydrogen) atoms. The summed E-state index contributed by atoms with van der Waals surface area (Å²) < 4.78 is 6.13. The Hall–Kier alpha value is -0.570. The maximum absolute atomic E-state index is 12.9. The SMILES string of the molecule is CC(C)CCC(C)(C)OCCC(C)(C)C(=O)NC(C)(C)CC(C)(C)C(C)C. The van der Waals surface area contributed by atoms with Gasteiger partial charge in [-0.25, -0.2) is 0 Å². The Morgan fingerprint density at radius 1 is 0.889 bits per heavy atom. The molecule has 0 heterocycles. The van der Waals surface area contributed by atoms with Crippen molar-refractivity contribution in [1.82, 2.24) is 5.32 Å².